The number of hydrogen-bond acceptors (Lipinski definition) is 4. The fourth-order valence-corrected chi connectivity index (χ4v) is 4.66. The van der Waals surface area contributed by atoms with Crippen molar-refractivity contribution in [2.75, 3.05) is 39.3 Å². The minimum absolute atomic E-state index is 0. The molecule has 0 bridgehead atoms. The number of halogens is 2. The molecular formula is C18H34Cl2N4O2. The van der Waals surface area contributed by atoms with Gasteiger partial charge in [0.1, 0.15) is 0 Å². The van der Waals surface area contributed by atoms with E-state index in [4.69, 9.17) is 5.73 Å². The molecule has 2 N–H and O–H groups in total. The third-order valence-corrected chi connectivity index (χ3v) is 6.08. The monoisotopic (exact) mass is 408 g/mol. The summed E-state index contributed by atoms with van der Waals surface area (Å²) in [5.41, 5.74) is 5.85. The lowest BCUT2D eigenvalue weighted by Gasteiger charge is -2.36. The maximum atomic E-state index is 12.9. The van der Waals surface area contributed by atoms with E-state index in [0.29, 0.717) is 25.6 Å². The van der Waals surface area contributed by atoms with Crippen molar-refractivity contribution in [3.8, 4) is 0 Å². The Morgan fingerprint density at radius 3 is 2.54 bits per heavy atom. The van der Waals surface area contributed by atoms with E-state index in [1.807, 2.05) is 9.80 Å². The molecule has 2 amide bonds. The quantitative estimate of drug-likeness (QED) is 0.747. The van der Waals surface area contributed by atoms with Crippen LogP contribution in [0.2, 0.25) is 0 Å². The third kappa shape index (κ3) is 5.03. The first kappa shape index (κ1) is 23.5. The molecule has 0 saturated carbocycles. The van der Waals surface area contributed by atoms with Gasteiger partial charge < -0.3 is 15.5 Å². The fraction of sp³-hybridized carbons (Fsp3) is 0.889. The average molecular weight is 409 g/mol. The minimum atomic E-state index is -0.166. The number of hydrogen-bond donors (Lipinski definition) is 1. The molecule has 3 fully saturated rings. The topological polar surface area (TPSA) is 69.9 Å². The Hall–Kier alpha value is -0.560. The summed E-state index contributed by atoms with van der Waals surface area (Å²) >= 11 is 0. The van der Waals surface area contributed by atoms with Crippen LogP contribution in [0.5, 0.6) is 0 Å². The van der Waals surface area contributed by atoms with Crippen molar-refractivity contribution in [2.45, 2.75) is 57.5 Å². The average Bonchev–Trinajstić information content (AvgIpc) is 3.21. The highest BCUT2D eigenvalue weighted by Crippen LogP contribution is 2.26. The molecule has 0 radical (unpaired) electrons. The van der Waals surface area contributed by atoms with Crippen LogP contribution in [-0.4, -0.2) is 77.9 Å². The summed E-state index contributed by atoms with van der Waals surface area (Å²) in [7, 11) is 0. The van der Waals surface area contributed by atoms with Gasteiger partial charge in [0.15, 0.2) is 0 Å². The summed E-state index contributed by atoms with van der Waals surface area (Å²) in [4.78, 5) is 31.7. The second-order valence-electron chi connectivity index (χ2n) is 7.54. The lowest BCUT2D eigenvalue weighted by Crippen LogP contribution is -2.50. The van der Waals surface area contributed by atoms with Crippen molar-refractivity contribution in [1.82, 2.24) is 14.7 Å². The maximum Gasteiger partial charge on any atom is 0.228 e. The summed E-state index contributed by atoms with van der Waals surface area (Å²) in [5.74, 6) is 0.138. The lowest BCUT2D eigenvalue weighted by atomic mass is 9.98. The summed E-state index contributed by atoms with van der Waals surface area (Å²) in [6, 6.07) is 0.639. The van der Waals surface area contributed by atoms with Crippen LogP contribution in [0.25, 0.3) is 0 Å². The minimum Gasteiger partial charge on any atom is -0.340 e. The Bertz CT molecular complexity index is 480. The first-order valence-electron chi connectivity index (χ1n) is 9.66. The van der Waals surface area contributed by atoms with Gasteiger partial charge in [-0.1, -0.05) is 6.92 Å². The molecule has 0 aromatic rings. The molecule has 8 heteroatoms. The second kappa shape index (κ2) is 10.7. The standard InChI is InChI=1S/C18H32N4O2.2ClH/c1-2-20-8-5-7-16(20)13-21-12-14(10-17(21)23)18(24)22-9-4-3-6-15(22)11-19;;/h14-16H,2-13,19H2,1H3;2*1H. The van der Waals surface area contributed by atoms with Gasteiger partial charge >= 0.3 is 0 Å². The van der Waals surface area contributed by atoms with Crippen molar-refractivity contribution in [1.29, 1.82) is 0 Å². The normalized spacial score (nSPS) is 29.5. The Labute approximate surface area is 169 Å². The predicted molar refractivity (Wildman–Crippen MR) is 108 cm³/mol. The molecule has 3 saturated heterocycles. The van der Waals surface area contributed by atoms with E-state index in [1.165, 1.54) is 6.42 Å². The van der Waals surface area contributed by atoms with Crippen molar-refractivity contribution >= 4 is 36.6 Å². The van der Waals surface area contributed by atoms with Gasteiger partial charge in [0.05, 0.1) is 5.92 Å². The number of likely N-dealkylation sites (N-methyl/N-ethyl adjacent to an activating group) is 1. The van der Waals surface area contributed by atoms with Crippen LogP contribution >= 0.6 is 24.8 Å². The van der Waals surface area contributed by atoms with Crippen LogP contribution in [0.4, 0.5) is 0 Å². The van der Waals surface area contributed by atoms with Crippen LogP contribution in [0.1, 0.15) is 45.4 Å². The van der Waals surface area contributed by atoms with Gasteiger partial charge in [-0.05, 0) is 45.2 Å². The number of carbonyl (C=O) groups excluding carboxylic acids is 2. The summed E-state index contributed by atoms with van der Waals surface area (Å²) in [5, 5.41) is 0. The van der Waals surface area contributed by atoms with Crippen LogP contribution in [-0.2, 0) is 9.59 Å². The third-order valence-electron chi connectivity index (χ3n) is 6.08. The highest BCUT2D eigenvalue weighted by molar-refractivity contribution is 5.89. The van der Waals surface area contributed by atoms with E-state index in [2.05, 4.69) is 11.8 Å². The molecule has 3 aliphatic rings. The highest BCUT2D eigenvalue weighted by Gasteiger charge is 2.40. The summed E-state index contributed by atoms with van der Waals surface area (Å²) in [6.07, 6.45) is 5.97. The van der Waals surface area contributed by atoms with E-state index in [0.717, 1.165) is 51.9 Å². The summed E-state index contributed by atoms with van der Waals surface area (Å²) in [6.45, 7) is 7.08. The zero-order valence-electron chi connectivity index (χ0n) is 15.8. The van der Waals surface area contributed by atoms with Crippen LogP contribution in [0.3, 0.4) is 0 Å². The van der Waals surface area contributed by atoms with E-state index in [-0.39, 0.29) is 48.6 Å². The van der Waals surface area contributed by atoms with E-state index >= 15 is 0 Å². The number of piperidine rings is 1. The lowest BCUT2D eigenvalue weighted by molar-refractivity contribution is -0.139. The summed E-state index contributed by atoms with van der Waals surface area (Å²) < 4.78 is 0. The molecule has 26 heavy (non-hydrogen) atoms. The van der Waals surface area contributed by atoms with E-state index in [1.54, 1.807) is 0 Å². The molecule has 0 aromatic heterocycles. The van der Waals surface area contributed by atoms with Crippen LogP contribution in [0.15, 0.2) is 0 Å². The molecule has 3 aliphatic heterocycles. The van der Waals surface area contributed by atoms with Gasteiger partial charge in [0.2, 0.25) is 11.8 Å². The molecule has 0 spiro atoms. The molecule has 0 aliphatic carbocycles. The molecule has 3 rings (SSSR count). The Morgan fingerprint density at radius 1 is 1.12 bits per heavy atom. The Morgan fingerprint density at radius 2 is 1.85 bits per heavy atom. The largest absolute Gasteiger partial charge is 0.340 e. The van der Waals surface area contributed by atoms with E-state index in [9.17, 15) is 9.59 Å². The fourth-order valence-electron chi connectivity index (χ4n) is 4.66. The van der Waals surface area contributed by atoms with Gasteiger partial charge in [0.25, 0.3) is 0 Å². The van der Waals surface area contributed by atoms with Crippen molar-refractivity contribution in [3.63, 3.8) is 0 Å². The zero-order chi connectivity index (χ0) is 17.1. The molecular weight excluding hydrogens is 375 g/mol. The molecule has 3 unspecified atom stereocenters. The smallest absolute Gasteiger partial charge is 0.228 e. The molecule has 6 nitrogen and oxygen atoms in total. The van der Waals surface area contributed by atoms with Crippen LogP contribution < -0.4 is 5.73 Å². The van der Waals surface area contributed by atoms with Gasteiger partial charge in [-0.2, -0.15) is 0 Å². The number of amides is 2. The first-order chi connectivity index (χ1) is 11.6. The first-order valence-corrected chi connectivity index (χ1v) is 9.66. The van der Waals surface area contributed by atoms with E-state index < -0.39 is 0 Å². The van der Waals surface area contributed by atoms with Crippen molar-refractivity contribution < 1.29 is 9.59 Å². The SMILES string of the molecule is CCN1CCCC1CN1CC(C(=O)N2CCCCC2CN)CC1=O.Cl.Cl. The Balaban J connectivity index is 0.00000169. The van der Waals surface area contributed by atoms with Gasteiger partial charge in [-0.25, -0.2) is 0 Å². The van der Waals surface area contributed by atoms with Crippen LogP contribution in [0, 0.1) is 5.92 Å². The second-order valence-corrected chi connectivity index (χ2v) is 7.54. The number of likely N-dealkylation sites (tertiary alicyclic amines) is 3. The highest BCUT2D eigenvalue weighted by atomic mass is 35.5. The number of nitrogens with zero attached hydrogens (tertiary/aromatic N) is 3. The van der Waals surface area contributed by atoms with Gasteiger partial charge in [-0.15, -0.1) is 24.8 Å². The zero-order valence-corrected chi connectivity index (χ0v) is 17.4. The number of carbonyl (C=O) groups is 2. The van der Waals surface area contributed by atoms with Crippen molar-refractivity contribution in [3.05, 3.63) is 0 Å². The van der Waals surface area contributed by atoms with Gasteiger partial charge in [-0.3, -0.25) is 14.5 Å². The Kier molecular flexibility index (Phi) is 9.65. The van der Waals surface area contributed by atoms with Gasteiger partial charge in [0, 0.05) is 44.7 Å². The molecule has 0 aromatic carbocycles. The number of rotatable bonds is 5. The predicted octanol–water partition coefficient (Wildman–Crippen LogP) is 1.50. The molecule has 3 heterocycles. The number of nitrogens with two attached hydrogens (primary N) is 1. The molecule has 152 valence electrons. The molecule has 3 atom stereocenters. The maximum absolute atomic E-state index is 12.9. The van der Waals surface area contributed by atoms with Crippen molar-refractivity contribution in [2.24, 2.45) is 11.7 Å².